The fourth-order valence-corrected chi connectivity index (χ4v) is 1.80. The number of halogens is 1. The number of carbonyl (C=O) groups excluding carboxylic acids is 1. The second-order valence-electron chi connectivity index (χ2n) is 4.04. The minimum atomic E-state index is -0.781. The number of anilines is 1. The largest absolute Gasteiger partial charge is 0.378 e. The number of nitrogens with one attached hydrogen (secondary N) is 1. The highest BCUT2D eigenvalue weighted by atomic mass is 19.1. The Morgan fingerprint density at radius 1 is 1.53 bits per heavy atom. The molecule has 0 spiro atoms. The van der Waals surface area contributed by atoms with Gasteiger partial charge in [0.2, 0.25) is 0 Å². The lowest BCUT2D eigenvalue weighted by Crippen LogP contribution is -2.14. The molecule has 6 heteroatoms. The average molecular weight is 262 g/mol. The second kappa shape index (κ2) is 5.51. The van der Waals surface area contributed by atoms with E-state index in [1.165, 1.54) is 12.1 Å². The van der Waals surface area contributed by atoms with Gasteiger partial charge in [-0.15, -0.1) is 0 Å². The van der Waals surface area contributed by atoms with Crippen molar-refractivity contribution in [1.29, 1.82) is 0 Å². The van der Waals surface area contributed by atoms with Gasteiger partial charge in [0.05, 0.1) is 12.1 Å². The molecule has 1 amide bonds. The Hall–Kier alpha value is -2.37. The van der Waals surface area contributed by atoms with E-state index in [0.717, 1.165) is 12.4 Å². The van der Waals surface area contributed by atoms with E-state index in [4.69, 9.17) is 5.73 Å². The number of aryl methyl sites for hydroxylation is 1. The van der Waals surface area contributed by atoms with E-state index in [-0.39, 0.29) is 5.56 Å². The maximum atomic E-state index is 13.3. The molecule has 0 unspecified atom stereocenters. The molecule has 0 atom stereocenters. The molecule has 1 heterocycles. The van der Waals surface area contributed by atoms with Crippen LogP contribution < -0.4 is 11.1 Å². The number of benzene rings is 1. The van der Waals surface area contributed by atoms with Crippen LogP contribution in [0.5, 0.6) is 0 Å². The van der Waals surface area contributed by atoms with Gasteiger partial charge in [-0.1, -0.05) is 0 Å². The molecule has 0 bridgehead atoms. The molecule has 100 valence electrons. The van der Waals surface area contributed by atoms with E-state index in [2.05, 4.69) is 10.3 Å². The van der Waals surface area contributed by atoms with E-state index in [1.54, 1.807) is 12.3 Å². The first-order valence-corrected chi connectivity index (χ1v) is 5.95. The standard InChI is InChI=1S/C13H15FN4O/c1-2-18-6-5-16-12(18)8-17-9-3-4-11(14)10(7-9)13(15)19/h3-7,17H,2,8H2,1H3,(H2,15,19). The second-order valence-corrected chi connectivity index (χ2v) is 4.04. The van der Waals surface area contributed by atoms with Crippen molar-refractivity contribution >= 4 is 11.6 Å². The summed E-state index contributed by atoms with van der Waals surface area (Å²) in [4.78, 5) is 15.3. The van der Waals surface area contributed by atoms with E-state index < -0.39 is 11.7 Å². The lowest BCUT2D eigenvalue weighted by Gasteiger charge is -2.09. The quantitative estimate of drug-likeness (QED) is 0.862. The highest BCUT2D eigenvalue weighted by Crippen LogP contribution is 2.15. The Kier molecular flexibility index (Phi) is 3.79. The highest BCUT2D eigenvalue weighted by Gasteiger charge is 2.09. The molecule has 0 aliphatic carbocycles. The summed E-state index contributed by atoms with van der Waals surface area (Å²) in [5, 5.41) is 3.09. The third kappa shape index (κ3) is 2.90. The summed E-state index contributed by atoms with van der Waals surface area (Å²) in [6.07, 6.45) is 3.61. The number of aromatic nitrogens is 2. The molecule has 1 aromatic carbocycles. The Bertz CT molecular complexity index is 594. The van der Waals surface area contributed by atoms with Gasteiger partial charge in [-0.2, -0.15) is 0 Å². The van der Waals surface area contributed by atoms with Crippen LogP contribution in [0.4, 0.5) is 10.1 Å². The van der Waals surface area contributed by atoms with Crippen LogP contribution in [0.2, 0.25) is 0 Å². The fourth-order valence-electron chi connectivity index (χ4n) is 1.80. The molecule has 19 heavy (non-hydrogen) atoms. The van der Waals surface area contributed by atoms with Crippen molar-refractivity contribution < 1.29 is 9.18 Å². The van der Waals surface area contributed by atoms with Crippen molar-refractivity contribution in [3.63, 3.8) is 0 Å². The average Bonchev–Trinajstić information content (AvgIpc) is 2.84. The molecular formula is C13H15FN4O. The van der Waals surface area contributed by atoms with Crippen molar-refractivity contribution in [1.82, 2.24) is 9.55 Å². The van der Waals surface area contributed by atoms with Gasteiger partial charge in [0.25, 0.3) is 5.91 Å². The summed E-state index contributed by atoms with van der Waals surface area (Å²) in [6.45, 7) is 3.34. The first-order chi connectivity index (χ1) is 9.11. The fraction of sp³-hybridized carbons (Fsp3) is 0.231. The molecule has 0 fully saturated rings. The van der Waals surface area contributed by atoms with E-state index in [0.29, 0.717) is 12.2 Å². The minimum absolute atomic E-state index is 0.121. The number of nitrogens with two attached hydrogens (primary N) is 1. The van der Waals surface area contributed by atoms with Gasteiger partial charge in [0.1, 0.15) is 11.6 Å². The van der Waals surface area contributed by atoms with Crippen LogP contribution in [0.3, 0.4) is 0 Å². The van der Waals surface area contributed by atoms with Crippen LogP contribution in [0.15, 0.2) is 30.6 Å². The summed E-state index contributed by atoms with van der Waals surface area (Å²) in [7, 11) is 0. The third-order valence-electron chi connectivity index (χ3n) is 2.82. The number of imidazole rings is 1. The van der Waals surface area contributed by atoms with Crippen LogP contribution in [0.25, 0.3) is 0 Å². The van der Waals surface area contributed by atoms with Gasteiger partial charge in [0.15, 0.2) is 0 Å². The van der Waals surface area contributed by atoms with E-state index >= 15 is 0 Å². The molecule has 3 N–H and O–H groups in total. The molecule has 2 aromatic rings. The molecule has 0 saturated carbocycles. The molecule has 0 aliphatic rings. The van der Waals surface area contributed by atoms with Crippen molar-refractivity contribution in [2.75, 3.05) is 5.32 Å². The Morgan fingerprint density at radius 3 is 3.00 bits per heavy atom. The maximum Gasteiger partial charge on any atom is 0.251 e. The van der Waals surface area contributed by atoms with Crippen LogP contribution in [-0.2, 0) is 13.1 Å². The van der Waals surface area contributed by atoms with Crippen molar-refractivity contribution in [3.05, 3.63) is 47.8 Å². The van der Waals surface area contributed by atoms with Gasteiger partial charge in [-0.05, 0) is 25.1 Å². The number of primary amides is 1. The van der Waals surface area contributed by atoms with E-state index in [1.807, 2.05) is 17.7 Å². The zero-order valence-electron chi connectivity index (χ0n) is 10.6. The maximum absolute atomic E-state index is 13.3. The Balaban J connectivity index is 2.12. The summed E-state index contributed by atoms with van der Waals surface area (Å²) >= 11 is 0. The predicted molar refractivity (Wildman–Crippen MR) is 70.1 cm³/mol. The zero-order chi connectivity index (χ0) is 13.8. The molecule has 0 saturated heterocycles. The highest BCUT2D eigenvalue weighted by molar-refractivity contribution is 5.94. The van der Waals surface area contributed by atoms with Gasteiger partial charge < -0.3 is 15.6 Å². The summed E-state index contributed by atoms with van der Waals surface area (Å²) in [5.41, 5.74) is 5.60. The number of hydrogen-bond acceptors (Lipinski definition) is 3. The number of carbonyl (C=O) groups is 1. The van der Waals surface area contributed by atoms with Crippen molar-refractivity contribution in [2.24, 2.45) is 5.73 Å². The Morgan fingerprint density at radius 2 is 2.32 bits per heavy atom. The van der Waals surface area contributed by atoms with Gasteiger partial charge in [-0.3, -0.25) is 4.79 Å². The summed E-state index contributed by atoms with van der Waals surface area (Å²) in [5.74, 6) is -0.531. The van der Waals surface area contributed by atoms with Crippen LogP contribution in [0.1, 0.15) is 23.1 Å². The van der Waals surface area contributed by atoms with Crippen LogP contribution in [-0.4, -0.2) is 15.5 Å². The van der Waals surface area contributed by atoms with Crippen LogP contribution in [0, 0.1) is 5.82 Å². The summed E-state index contributed by atoms with van der Waals surface area (Å²) in [6, 6.07) is 4.17. The van der Waals surface area contributed by atoms with Gasteiger partial charge in [-0.25, -0.2) is 9.37 Å². The SMILES string of the molecule is CCn1ccnc1CNc1ccc(F)c(C(N)=O)c1. The normalized spacial score (nSPS) is 10.4. The molecule has 1 aromatic heterocycles. The van der Waals surface area contributed by atoms with Gasteiger partial charge >= 0.3 is 0 Å². The van der Waals surface area contributed by atoms with Crippen molar-refractivity contribution in [3.8, 4) is 0 Å². The predicted octanol–water partition coefficient (Wildman–Crippen LogP) is 1.75. The smallest absolute Gasteiger partial charge is 0.251 e. The van der Waals surface area contributed by atoms with E-state index in [9.17, 15) is 9.18 Å². The molecule has 0 aliphatic heterocycles. The monoisotopic (exact) mass is 262 g/mol. The van der Waals surface area contributed by atoms with Gasteiger partial charge in [0, 0.05) is 24.6 Å². The number of amides is 1. The molecule has 5 nitrogen and oxygen atoms in total. The Labute approximate surface area is 110 Å². The number of hydrogen-bond donors (Lipinski definition) is 2. The number of rotatable bonds is 5. The summed E-state index contributed by atoms with van der Waals surface area (Å²) < 4.78 is 15.3. The molecule has 0 radical (unpaired) electrons. The van der Waals surface area contributed by atoms with Crippen molar-refractivity contribution in [2.45, 2.75) is 20.0 Å². The van der Waals surface area contributed by atoms with Crippen LogP contribution >= 0.6 is 0 Å². The minimum Gasteiger partial charge on any atom is -0.378 e. The zero-order valence-corrected chi connectivity index (χ0v) is 10.6. The number of nitrogens with zero attached hydrogens (tertiary/aromatic N) is 2. The topological polar surface area (TPSA) is 72.9 Å². The molecular weight excluding hydrogens is 247 g/mol. The third-order valence-corrected chi connectivity index (χ3v) is 2.82. The lowest BCUT2D eigenvalue weighted by atomic mass is 10.2. The molecule has 2 rings (SSSR count). The first-order valence-electron chi connectivity index (χ1n) is 5.95. The first kappa shape index (κ1) is 13.1. The lowest BCUT2D eigenvalue weighted by molar-refractivity contribution is 0.0996.